The Morgan fingerprint density at radius 2 is 2.36 bits per heavy atom. The molecule has 0 aliphatic heterocycles. The van der Waals surface area contributed by atoms with Gasteiger partial charge in [-0.15, -0.1) is 0 Å². The number of ether oxygens (including phenoxy) is 1. The fourth-order valence-corrected chi connectivity index (χ4v) is 2.89. The Balaban J connectivity index is 2.01. The molecule has 0 amide bonds. The molecule has 3 atom stereocenters. The molecule has 0 saturated heterocycles. The van der Waals surface area contributed by atoms with Crippen LogP contribution in [-0.4, -0.2) is 12.7 Å². The number of methoxy groups -OCH3 is 1. The normalized spacial score (nSPS) is 48.5. The molecule has 1 nitrogen and oxygen atoms in total. The predicted molar refractivity (Wildman–Crippen MR) is 45.5 cm³/mol. The summed E-state index contributed by atoms with van der Waals surface area (Å²) in [6.45, 7) is 2.31. The van der Waals surface area contributed by atoms with Crippen molar-refractivity contribution in [1.82, 2.24) is 0 Å². The first kappa shape index (κ1) is 7.60. The van der Waals surface area contributed by atoms with Crippen molar-refractivity contribution in [2.75, 3.05) is 7.11 Å². The zero-order valence-corrected chi connectivity index (χ0v) is 7.60. The highest BCUT2D eigenvalue weighted by atomic mass is 16.5. The monoisotopic (exact) mass is 154 g/mol. The van der Waals surface area contributed by atoms with Gasteiger partial charge >= 0.3 is 0 Å². The molecule has 3 unspecified atom stereocenters. The van der Waals surface area contributed by atoms with Crippen molar-refractivity contribution < 1.29 is 4.74 Å². The Labute approximate surface area is 69.1 Å². The second-order valence-corrected chi connectivity index (χ2v) is 4.14. The van der Waals surface area contributed by atoms with Crippen LogP contribution in [0, 0.1) is 11.8 Å². The molecule has 0 aromatic heterocycles. The molecule has 2 saturated carbocycles. The fraction of sp³-hybridized carbons (Fsp3) is 1.00. The summed E-state index contributed by atoms with van der Waals surface area (Å²) in [5.74, 6) is 1.90. The molecule has 0 spiro atoms. The maximum atomic E-state index is 5.58. The fourth-order valence-electron chi connectivity index (χ4n) is 2.89. The molecular weight excluding hydrogens is 136 g/mol. The quantitative estimate of drug-likeness (QED) is 0.594. The summed E-state index contributed by atoms with van der Waals surface area (Å²) in [5.41, 5.74) is 0.360. The van der Waals surface area contributed by atoms with Crippen LogP contribution in [0.15, 0.2) is 0 Å². The summed E-state index contributed by atoms with van der Waals surface area (Å²) in [6.07, 6.45) is 6.87. The van der Waals surface area contributed by atoms with Gasteiger partial charge in [0.25, 0.3) is 0 Å². The molecule has 0 bridgehead atoms. The zero-order valence-electron chi connectivity index (χ0n) is 7.60. The lowest BCUT2D eigenvalue weighted by molar-refractivity contribution is 0.0290. The minimum atomic E-state index is 0.360. The third-order valence-corrected chi connectivity index (χ3v) is 3.76. The number of hydrogen-bond acceptors (Lipinski definition) is 1. The molecule has 2 aliphatic rings. The number of fused-ring (bicyclic) bond motifs is 1. The number of hydrogen-bond donors (Lipinski definition) is 0. The molecule has 0 N–H and O–H groups in total. The average molecular weight is 154 g/mol. The first-order valence-corrected chi connectivity index (χ1v) is 4.87. The van der Waals surface area contributed by atoms with Crippen molar-refractivity contribution in [3.8, 4) is 0 Å². The van der Waals surface area contributed by atoms with E-state index in [2.05, 4.69) is 6.92 Å². The molecule has 0 heterocycles. The Morgan fingerprint density at radius 3 is 3.00 bits per heavy atom. The molecule has 0 aromatic rings. The van der Waals surface area contributed by atoms with Crippen molar-refractivity contribution in [1.29, 1.82) is 0 Å². The van der Waals surface area contributed by atoms with Crippen LogP contribution in [0.1, 0.15) is 39.0 Å². The molecule has 0 radical (unpaired) electrons. The van der Waals surface area contributed by atoms with Gasteiger partial charge in [0.05, 0.1) is 5.60 Å². The van der Waals surface area contributed by atoms with E-state index in [9.17, 15) is 0 Å². The van der Waals surface area contributed by atoms with Crippen LogP contribution >= 0.6 is 0 Å². The maximum absolute atomic E-state index is 5.58. The standard InChI is InChI=1S/C10H18O/c1-3-8-5-4-6-10(11-2)7-9(8)10/h8-9H,3-7H2,1-2H3. The first-order chi connectivity index (χ1) is 5.32. The van der Waals surface area contributed by atoms with Gasteiger partial charge in [0.1, 0.15) is 0 Å². The molecule has 1 heteroatoms. The lowest BCUT2D eigenvalue weighted by Crippen LogP contribution is -2.23. The van der Waals surface area contributed by atoms with Crippen LogP contribution in [0.4, 0.5) is 0 Å². The van der Waals surface area contributed by atoms with Crippen LogP contribution in [0.5, 0.6) is 0 Å². The summed E-state index contributed by atoms with van der Waals surface area (Å²) in [7, 11) is 1.89. The number of rotatable bonds is 2. The summed E-state index contributed by atoms with van der Waals surface area (Å²) in [6, 6.07) is 0. The summed E-state index contributed by atoms with van der Waals surface area (Å²) in [4.78, 5) is 0. The van der Waals surface area contributed by atoms with E-state index in [4.69, 9.17) is 4.74 Å². The van der Waals surface area contributed by atoms with Gasteiger partial charge in [-0.3, -0.25) is 0 Å². The van der Waals surface area contributed by atoms with Gasteiger partial charge in [0, 0.05) is 7.11 Å². The summed E-state index contributed by atoms with van der Waals surface area (Å²) < 4.78 is 5.58. The molecule has 2 fully saturated rings. The minimum Gasteiger partial charge on any atom is -0.378 e. The highest BCUT2D eigenvalue weighted by Crippen LogP contribution is 2.59. The van der Waals surface area contributed by atoms with Gasteiger partial charge in [-0.2, -0.15) is 0 Å². The van der Waals surface area contributed by atoms with Crippen molar-refractivity contribution in [3.05, 3.63) is 0 Å². The smallest absolute Gasteiger partial charge is 0.0714 e. The van der Waals surface area contributed by atoms with E-state index in [1.54, 1.807) is 0 Å². The Morgan fingerprint density at radius 1 is 1.55 bits per heavy atom. The van der Waals surface area contributed by atoms with E-state index < -0.39 is 0 Å². The summed E-state index contributed by atoms with van der Waals surface area (Å²) >= 11 is 0. The van der Waals surface area contributed by atoms with Crippen molar-refractivity contribution in [2.24, 2.45) is 11.8 Å². The van der Waals surface area contributed by atoms with Crippen molar-refractivity contribution in [2.45, 2.75) is 44.6 Å². The average Bonchev–Trinajstić information content (AvgIpc) is 2.78. The highest BCUT2D eigenvalue weighted by Gasteiger charge is 2.58. The Kier molecular flexibility index (Phi) is 1.71. The van der Waals surface area contributed by atoms with E-state index in [0.717, 1.165) is 11.8 Å². The van der Waals surface area contributed by atoms with Gasteiger partial charge in [0.15, 0.2) is 0 Å². The zero-order chi connectivity index (χ0) is 7.90. The van der Waals surface area contributed by atoms with Crippen LogP contribution in [-0.2, 0) is 4.74 Å². The molecule has 2 aliphatic carbocycles. The van der Waals surface area contributed by atoms with E-state index in [1.807, 2.05) is 7.11 Å². The molecule has 0 aromatic carbocycles. The topological polar surface area (TPSA) is 9.23 Å². The lowest BCUT2D eigenvalue weighted by atomic mass is 9.85. The summed E-state index contributed by atoms with van der Waals surface area (Å²) in [5, 5.41) is 0. The minimum absolute atomic E-state index is 0.360. The second kappa shape index (κ2) is 2.48. The van der Waals surface area contributed by atoms with Crippen molar-refractivity contribution >= 4 is 0 Å². The Hall–Kier alpha value is -0.0400. The largest absolute Gasteiger partial charge is 0.378 e. The van der Waals surface area contributed by atoms with Gasteiger partial charge in [-0.05, 0) is 31.1 Å². The van der Waals surface area contributed by atoms with Crippen LogP contribution in [0.25, 0.3) is 0 Å². The van der Waals surface area contributed by atoms with Gasteiger partial charge in [-0.25, -0.2) is 0 Å². The van der Waals surface area contributed by atoms with E-state index in [0.29, 0.717) is 5.60 Å². The van der Waals surface area contributed by atoms with Gasteiger partial charge < -0.3 is 4.74 Å². The first-order valence-electron chi connectivity index (χ1n) is 4.87. The van der Waals surface area contributed by atoms with E-state index in [-0.39, 0.29) is 0 Å². The van der Waals surface area contributed by atoms with Gasteiger partial charge in [0.2, 0.25) is 0 Å². The Bertz CT molecular complexity index is 155. The SMILES string of the molecule is CCC1CCCC2(OC)CC12. The second-order valence-electron chi connectivity index (χ2n) is 4.14. The van der Waals surface area contributed by atoms with Crippen LogP contribution < -0.4 is 0 Å². The van der Waals surface area contributed by atoms with Gasteiger partial charge in [-0.1, -0.05) is 19.8 Å². The van der Waals surface area contributed by atoms with E-state index in [1.165, 1.54) is 32.1 Å². The lowest BCUT2D eigenvalue weighted by Gasteiger charge is -2.26. The van der Waals surface area contributed by atoms with Crippen molar-refractivity contribution in [3.63, 3.8) is 0 Å². The highest BCUT2D eigenvalue weighted by molar-refractivity contribution is 5.09. The van der Waals surface area contributed by atoms with Crippen LogP contribution in [0.2, 0.25) is 0 Å². The molecular formula is C10H18O. The molecule has 2 rings (SSSR count). The molecule has 64 valence electrons. The predicted octanol–water partition coefficient (Wildman–Crippen LogP) is 2.60. The third kappa shape index (κ3) is 1.01. The van der Waals surface area contributed by atoms with E-state index >= 15 is 0 Å². The third-order valence-electron chi connectivity index (χ3n) is 3.76. The maximum Gasteiger partial charge on any atom is 0.0714 e. The molecule has 11 heavy (non-hydrogen) atoms. The van der Waals surface area contributed by atoms with Crippen LogP contribution in [0.3, 0.4) is 0 Å².